The van der Waals surface area contributed by atoms with Gasteiger partial charge in [0.25, 0.3) is 0 Å². The van der Waals surface area contributed by atoms with Gasteiger partial charge in [-0.05, 0) is 49.6 Å². The summed E-state index contributed by atoms with van der Waals surface area (Å²) in [4.78, 5) is 6.79. The molecule has 2 aromatic rings. The number of aryl methyl sites for hydroxylation is 1. The maximum Gasteiger partial charge on any atom is 0.0543 e. The van der Waals surface area contributed by atoms with Crippen molar-refractivity contribution in [2.75, 3.05) is 11.4 Å². The Bertz CT molecular complexity index is 565. The smallest absolute Gasteiger partial charge is 0.0543 e. The van der Waals surface area contributed by atoms with E-state index in [0.717, 1.165) is 16.7 Å². The van der Waals surface area contributed by atoms with Crippen LogP contribution in [0, 0.1) is 6.92 Å². The van der Waals surface area contributed by atoms with Crippen LogP contribution in [-0.2, 0) is 0 Å². The van der Waals surface area contributed by atoms with Gasteiger partial charge in [-0.2, -0.15) is 0 Å². The summed E-state index contributed by atoms with van der Waals surface area (Å²) in [7, 11) is 0. The minimum absolute atomic E-state index is 0.495. The van der Waals surface area contributed by atoms with Crippen LogP contribution in [-0.4, -0.2) is 11.5 Å². The van der Waals surface area contributed by atoms with Gasteiger partial charge in [0, 0.05) is 28.6 Å². The van der Waals surface area contributed by atoms with Crippen molar-refractivity contribution in [1.82, 2.24) is 4.98 Å². The maximum atomic E-state index is 4.29. The van der Waals surface area contributed by atoms with Crippen molar-refractivity contribution in [3.05, 3.63) is 58.3 Å². The van der Waals surface area contributed by atoms with E-state index in [-0.39, 0.29) is 0 Å². The molecule has 1 atom stereocenters. The zero-order chi connectivity index (χ0) is 13.2. The molecule has 3 heteroatoms. The Morgan fingerprint density at radius 1 is 1.21 bits per heavy atom. The lowest BCUT2D eigenvalue weighted by Gasteiger charge is -2.27. The van der Waals surface area contributed by atoms with Crippen LogP contribution in [0.5, 0.6) is 0 Å². The average molecular weight is 317 g/mol. The Morgan fingerprint density at radius 2 is 2.00 bits per heavy atom. The van der Waals surface area contributed by atoms with Crippen molar-refractivity contribution in [3.8, 4) is 0 Å². The first-order valence-electron chi connectivity index (χ1n) is 6.69. The molecule has 1 unspecified atom stereocenters. The third kappa shape index (κ3) is 2.66. The highest BCUT2D eigenvalue weighted by atomic mass is 79.9. The van der Waals surface area contributed by atoms with Crippen LogP contribution in [0.25, 0.3) is 0 Å². The van der Waals surface area contributed by atoms with Gasteiger partial charge in [0.2, 0.25) is 0 Å². The summed E-state index contributed by atoms with van der Waals surface area (Å²) in [6, 6.07) is 13.5. The standard InChI is InChI=1S/C16H17BrN2/c1-12-11-15(8-9-18-12)19-10-2-3-16(19)13-4-6-14(17)7-5-13/h4-9,11,16H,2-3,10H2,1H3. The van der Waals surface area contributed by atoms with Crippen LogP contribution in [0.4, 0.5) is 5.69 Å². The van der Waals surface area contributed by atoms with Crippen LogP contribution >= 0.6 is 15.9 Å². The zero-order valence-corrected chi connectivity index (χ0v) is 12.6. The molecule has 19 heavy (non-hydrogen) atoms. The number of halogens is 1. The van der Waals surface area contributed by atoms with E-state index >= 15 is 0 Å². The molecular formula is C16H17BrN2. The summed E-state index contributed by atoms with van der Waals surface area (Å²) in [5, 5.41) is 0. The predicted octanol–water partition coefficient (Wildman–Crippen LogP) is 4.49. The van der Waals surface area contributed by atoms with Gasteiger partial charge in [0.1, 0.15) is 0 Å². The Hall–Kier alpha value is -1.35. The molecule has 0 aliphatic carbocycles. The molecule has 1 aliphatic rings. The number of aromatic nitrogens is 1. The summed E-state index contributed by atoms with van der Waals surface area (Å²) in [5.41, 5.74) is 3.77. The van der Waals surface area contributed by atoms with Gasteiger partial charge in [0.15, 0.2) is 0 Å². The van der Waals surface area contributed by atoms with E-state index in [4.69, 9.17) is 0 Å². The van der Waals surface area contributed by atoms with Gasteiger partial charge in [-0.15, -0.1) is 0 Å². The Labute approximate surface area is 122 Å². The van der Waals surface area contributed by atoms with Gasteiger partial charge >= 0.3 is 0 Å². The van der Waals surface area contributed by atoms with E-state index in [0.29, 0.717) is 6.04 Å². The van der Waals surface area contributed by atoms with Gasteiger partial charge in [-0.3, -0.25) is 4.98 Å². The summed E-state index contributed by atoms with van der Waals surface area (Å²) in [6.45, 7) is 3.18. The molecule has 1 saturated heterocycles. The largest absolute Gasteiger partial charge is 0.364 e. The van der Waals surface area contributed by atoms with Crippen molar-refractivity contribution in [2.45, 2.75) is 25.8 Å². The van der Waals surface area contributed by atoms with Gasteiger partial charge in [-0.25, -0.2) is 0 Å². The highest BCUT2D eigenvalue weighted by Gasteiger charge is 2.26. The number of hydrogen-bond acceptors (Lipinski definition) is 2. The lowest BCUT2D eigenvalue weighted by Crippen LogP contribution is -2.22. The molecule has 2 heterocycles. The minimum Gasteiger partial charge on any atom is -0.364 e. The van der Waals surface area contributed by atoms with Gasteiger partial charge in [-0.1, -0.05) is 28.1 Å². The summed E-state index contributed by atoms with van der Waals surface area (Å²) < 4.78 is 1.14. The number of hydrogen-bond donors (Lipinski definition) is 0. The van der Waals surface area contributed by atoms with Crippen molar-refractivity contribution in [1.29, 1.82) is 0 Å². The second-order valence-corrected chi connectivity index (χ2v) is 5.97. The number of pyridine rings is 1. The van der Waals surface area contributed by atoms with E-state index in [1.54, 1.807) is 0 Å². The van der Waals surface area contributed by atoms with Crippen LogP contribution in [0.15, 0.2) is 47.1 Å². The van der Waals surface area contributed by atoms with Crippen LogP contribution < -0.4 is 4.90 Å². The fourth-order valence-corrected chi connectivity index (χ4v) is 3.08. The molecule has 0 spiro atoms. The summed E-state index contributed by atoms with van der Waals surface area (Å²) >= 11 is 3.50. The normalized spacial score (nSPS) is 18.8. The van der Waals surface area contributed by atoms with Crippen LogP contribution in [0.2, 0.25) is 0 Å². The number of nitrogens with zero attached hydrogens (tertiary/aromatic N) is 2. The number of anilines is 1. The Morgan fingerprint density at radius 3 is 2.74 bits per heavy atom. The van der Waals surface area contributed by atoms with E-state index in [2.05, 4.69) is 62.2 Å². The van der Waals surface area contributed by atoms with Gasteiger partial charge in [0.05, 0.1) is 6.04 Å². The van der Waals surface area contributed by atoms with E-state index in [1.165, 1.54) is 24.1 Å². The zero-order valence-electron chi connectivity index (χ0n) is 11.0. The average Bonchev–Trinajstić information content (AvgIpc) is 2.89. The fraction of sp³-hybridized carbons (Fsp3) is 0.312. The third-order valence-electron chi connectivity index (χ3n) is 3.72. The molecule has 0 N–H and O–H groups in total. The monoisotopic (exact) mass is 316 g/mol. The van der Waals surface area contributed by atoms with Crippen LogP contribution in [0.3, 0.4) is 0 Å². The van der Waals surface area contributed by atoms with E-state index in [1.807, 2.05) is 13.1 Å². The Balaban J connectivity index is 1.91. The second-order valence-electron chi connectivity index (χ2n) is 5.06. The van der Waals surface area contributed by atoms with Crippen LogP contribution in [0.1, 0.15) is 30.1 Å². The van der Waals surface area contributed by atoms with Gasteiger partial charge < -0.3 is 4.90 Å². The molecule has 0 saturated carbocycles. The SMILES string of the molecule is Cc1cc(N2CCCC2c2ccc(Br)cc2)ccn1. The lowest BCUT2D eigenvalue weighted by molar-refractivity contribution is 0.718. The predicted molar refractivity (Wildman–Crippen MR) is 82.4 cm³/mol. The van der Waals surface area contributed by atoms with Crippen molar-refractivity contribution < 1.29 is 0 Å². The molecule has 1 aromatic heterocycles. The molecule has 0 bridgehead atoms. The first-order valence-corrected chi connectivity index (χ1v) is 7.48. The minimum atomic E-state index is 0.495. The van der Waals surface area contributed by atoms with E-state index in [9.17, 15) is 0 Å². The molecule has 0 radical (unpaired) electrons. The third-order valence-corrected chi connectivity index (χ3v) is 4.25. The maximum absolute atomic E-state index is 4.29. The van der Waals surface area contributed by atoms with E-state index < -0.39 is 0 Å². The molecule has 98 valence electrons. The molecule has 1 aromatic carbocycles. The van der Waals surface area contributed by atoms with Crippen molar-refractivity contribution >= 4 is 21.6 Å². The topological polar surface area (TPSA) is 16.1 Å². The first-order chi connectivity index (χ1) is 9.24. The molecule has 2 nitrogen and oxygen atoms in total. The lowest BCUT2D eigenvalue weighted by atomic mass is 10.0. The molecule has 1 fully saturated rings. The summed E-state index contributed by atoms with van der Waals surface area (Å²) in [5.74, 6) is 0. The molecule has 0 amide bonds. The summed E-state index contributed by atoms with van der Waals surface area (Å²) in [6.07, 6.45) is 4.38. The number of benzene rings is 1. The fourth-order valence-electron chi connectivity index (χ4n) is 2.82. The Kier molecular flexibility index (Phi) is 3.56. The van der Waals surface area contributed by atoms with Crippen molar-refractivity contribution in [3.63, 3.8) is 0 Å². The molecule has 3 rings (SSSR count). The second kappa shape index (κ2) is 5.33. The molecular weight excluding hydrogens is 300 g/mol. The first kappa shape index (κ1) is 12.7. The number of rotatable bonds is 2. The highest BCUT2D eigenvalue weighted by molar-refractivity contribution is 9.10. The quantitative estimate of drug-likeness (QED) is 0.811. The molecule has 1 aliphatic heterocycles. The highest BCUT2D eigenvalue weighted by Crippen LogP contribution is 2.36. The van der Waals surface area contributed by atoms with Crippen molar-refractivity contribution in [2.24, 2.45) is 0 Å².